The average Bonchev–Trinajstić information content (AvgIpc) is 3.29. The fourth-order valence-electron chi connectivity index (χ4n) is 6.32. The highest BCUT2D eigenvalue weighted by Crippen LogP contribution is 2.27. The van der Waals surface area contributed by atoms with Gasteiger partial charge in [0.15, 0.2) is 0 Å². The van der Waals surface area contributed by atoms with Crippen LogP contribution in [-0.4, -0.2) is 36.7 Å². The molecule has 2 N–H and O–H groups in total. The van der Waals surface area contributed by atoms with E-state index in [0.29, 0.717) is 34.4 Å². The van der Waals surface area contributed by atoms with Gasteiger partial charge in [-0.25, -0.2) is 9.59 Å². The predicted molar refractivity (Wildman–Crippen MR) is 233 cm³/mol. The lowest BCUT2D eigenvalue weighted by Crippen LogP contribution is -2.36. The van der Waals surface area contributed by atoms with Crippen LogP contribution in [0.25, 0.3) is 0 Å². The van der Waals surface area contributed by atoms with Gasteiger partial charge in [-0.15, -0.1) is 0 Å². The van der Waals surface area contributed by atoms with Crippen molar-refractivity contribution < 1.29 is 28.9 Å². The Hall–Kier alpha value is -8.59. The number of anilines is 2. The molecule has 1 heterocycles. The Labute approximate surface area is 356 Å². The number of nitro benzene ring substituents is 2. The molecule has 310 valence electrons. The summed E-state index contributed by atoms with van der Waals surface area (Å²) in [6.07, 6.45) is 3.34. The number of nitrogens with one attached hydrogen (secondary N) is 2. The van der Waals surface area contributed by atoms with Gasteiger partial charge >= 0.3 is 12.1 Å². The fraction of sp³-hybridized carbons (Fsp3) is 0.0851. The highest BCUT2D eigenvalue weighted by Gasteiger charge is 2.21. The monoisotopic (exact) mass is 829 g/mol. The zero-order valence-electron chi connectivity index (χ0n) is 33.1. The average molecular weight is 830 g/mol. The van der Waals surface area contributed by atoms with E-state index in [2.05, 4.69) is 15.6 Å². The van der Waals surface area contributed by atoms with Gasteiger partial charge in [0.2, 0.25) is 0 Å². The Bertz CT molecular complexity index is 2430. The molecule has 0 spiro atoms. The van der Waals surface area contributed by atoms with Crippen LogP contribution in [0.2, 0.25) is 0 Å². The summed E-state index contributed by atoms with van der Waals surface area (Å²) in [5, 5.41) is 28.1. The molecule has 0 bridgehead atoms. The lowest BCUT2D eigenvalue weighted by atomic mass is 10.1. The predicted octanol–water partition coefficient (Wildman–Crippen LogP) is 11.0. The highest BCUT2D eigenvalue weighted by molar-refractivity contribution is 5.90. The van der Waals surface area contributed by atoms with Crippen molar-refractivity contribution in [3.63, 3.8) is 0 Å². The number of para-hydroxylation sites is 2. The van der Waals surface area contributed by atoms with Crippen molar-refractivity contribution in [2.24, 2.45) is 0 Å². The first kappa shape index (κ1) is 41.6. The normalized spacial score (nSPS) is 10.6. The van der Waals surface area contributed by atoms with Crippen molar-refractivity contribution in [2.45, 2.75) is 26.2 Å². The second-order valence-electron chi connectivity index (χ2n) is 13.9. The minimum absolute atomic E-state index is 0.0394. The standard InChI is InChI=1S/C47H39N7O8/c55-46(49-38-7-3-1-4-8-38)51(30-34-11-19-42(20-12-34)61-44-23-15-40(16-24-44)53(57)58)32-36-27-28-48-29-37(36)33-52(47(56)50-39-9-5-2-6-10-39)31-35-13-21-43(22-14-35)62-45-25-17-41(18-26-45)54(59)60/h1-29H,30-33H2,(H,49,55)(H,50,56). The van der Waals surface area contributed by atoms with Crippen LogP contribution in [0.5, 0.6) is 23.0 Å². The van der Waals surface area contributed by atoms with Gasteiger partial charge in [0.1, 0.15) is 23.0 Å². The van der Waals surface area contributed by atoms with Crippen LogP contribution in [0.3, 0.4) is 0 Å². The Morgan fingerprint density at radius 1 is 0.484 bits per heavy atom. The van der Waals surface area contributed by atoms with Crippen molar-refractivity contribution in [3.05, 3.63) is 219 Å². The molecule has 7 rings (SSSR count). The first-order valence-corrected chi connectivity index (χ1v) is 19.3. The number of ether oxygens (including phenoxy) is 2. The maximum atomic E-state index is 14.0. The van der Waals surface area contributed by atoms with Gasteiger partial charge in [-0.3, -0.25) is 25.2 Å². The van der Waals surface area contributed by atoms with Crippen LogP contribution >= 0.6 is 0 Å². The summed E-state index contributed by atoms with van der Waals surface area (Å²) >= 11 is 0. The van der Waals surface area contributed by atoms with Crippen LogP contribution in [-0.2, 0) is 26.2 Å². The van der Waals surface area contributed by atoms with E-state index >= 15 is 0 Å². The molecule has 0 atom stereocenters. The molecule has 0 saturated carbocycles. The van der Waals surface area contributed by atoms with Crippen LogP contribution in [0.1, 0.15) is 22.3 Å². The summed E-state index contributed by atoms with van der Waals surface area (Å²) in [4.78, 5) is 56.8. The molecular formula is C47H39N7O8. The molecule has 0 fully saturated rings. The molecule has 0 aliphatic rings. The van der Waals surface area contributed by atoms with Gasteiger partial charge < -0.3 is 29.9 Å². The first-order valence-electron chi connectivity index (χ1n) is 19.3. The van der Waals surface area contributed by atoms with Crippen molar-refractivity contribution >= 4 is 34.8 Å². The van der Waals surface area contributed by atoms with E-state index in [1.165, 1.54) is 48.5 Å². The third-order valence-electron chi connectivity index (χ3n) is 9.51. The number of non-ortho nitro benzene ring substituents is 2. The smallest absolute Gasteiger partial charge is 0.322 e. The quantitative estimate of drug-likeness (QED) is 0.0707. The third-order valence-corrected chi connectivity index (χ3v) is 9.51. The summed E-state index contributed by atoms with van der Waals surface area (Å²) < 4.78 is 11.8. The number of urea groups is 2. The minimum atomic E-state index is -0.475. The number of nitro groups is 2. The molecule has 0 saturated heterocycles. The Kier molecular flexibility index (Phi) is 13.3. The lowest BCUT2D eigenvalue weighted by molar-refractivity contribution is -0.385. The molecule has 6 aromatic carbocycles. The summed E-state index contributed by atoms with van der Waals surface area (Å²) in [5.41, 5.74) is 4.27. The van der Waals surface area contributed by atoms with E-state index in [1.54, 1.807) is 70.7 Å². The fourth-order valence-corrected chi connectivity index (χ4v) is 6.32. The summed E-state index contributed by atoms with van der Waals surface area (Å²) in [6.45, 7) is 0.730. The second-order valence-corrected chi connectivity index (χ2v) is 13.9. The van der Waals surface area contributed by atoms with Gasteiger partial charge in [-0.1, -0.05) is 60.7 Å². The van der Waals surface area contributed by atoms with E-state index in [9.17, 15) is 29.8 Å². The van der Waals surface area contributed by atoms with Crippen LogP contribution in [0, 0.1) is 20.2 Å². The van der Waals surface area contributed by atoms with E-state index in [4.69, 9.17) is 9.47 Å². The topological polar surface area (TPSA) is 182 Å². The van der Waals surface area contributed by atoms with Gasteiger partial charge in [0, 0.05) is 74.2 Å². The summed E-state index contributed by atoms with van der Waals surface area (Å²) in [6, 6.07) is 45.4. The van der Waals surface area contributed by atoms with E-state index < -0.39 is 9.85 Å². The highest BCUT2D eigenvalue weighted by atomic mass is 16.6. The molecule has 4 amide bonds. The second kappa shape index (κ2) is 19.9. The first-order chi connectivity index (χ1) is 30.1. The molecule has 0 unspecified atom stereocenters. The van der Waals surface area contributed by atoms with Crippen LogP contribution < -0.4 is 20.1 Å². The SMILES string of the molecule is O=C(Nc1ccccc1)N(Cc1ccc(Oc2ccc([N+](=O)[O-])cc2)cc1)Cc1ccncc1CN(Cc1ccc(Oc2ccc([N+](=O)[O-])cc2)cc1)C(=O)Nc1ccccc1. The van der Waals surface area contributed by atoms with E-state index in [1.807, 2.05) is 66.7 Å². The van der Waals surface area contributed by atoms with Crippen molar-refractivity contribution in [3.8, 4) is 23.0 Å². The van der Waals surface area contributed by atoms with Crippen molar-refractivity contribution in [1.29, 1.82) is 0 Å². The van der Waals surface area contributed by atoms with Gasteiger partial charge in [0.25, 0.3) is 11.4 Å². The number of rotatable bonds is 16. The maximum absolute atomic E-state index is 14.0. The molecule has 62 heavy (non-hydrogen) atoms. The minimum Gasteiger partial charge on any atom is -0.457 e. The van der Waals surface area contributed by atoms with Gasteiger partial charge in [-0.2, -0.15) is 0 Å². The molecule has 1 aromatic heterocycles. The molecule has 0 aliphatic heterocycles. The number of aromatic nitrogens is 1. The Balaban J connectivity index is 1.10. The van der Waals surface area contributed by atoms with E-state index in [0.717, 1.165) is 22.3 Å². The van der Waals surface area contributed by atoms with Crippen molar-refractivity contribution in [2.75, 3.05) is 10.6 Å². The third kappa shape index (κ3) is 11.5. The number of hydrogen-bond acceptors (Lipinski definition) is 9. The zero-order chi connectivity index (χ0) is 43.3. The van der Waals surface area contributed by atoms with Crippen LogP contribution in [0.4, 0.5) is 32.3 Å². The number of pyridine rings is 1. The Morgan fingerprint density at radius 2 is 0.855 bits per heavy atom. The van der Waals surface area contributed by atoms with Crippen molar-refractivity contribution in [1.82, 2.24) is 14.8 Å². The number of nitrogens with zero attached hydrogens (tertiary/aromatic N) is 5. The van der Waals surface area contributed by atoms with Gasteiger partial charge in [0.05, 0.1) is 9.85 Å². The zero-order valence-corrected chi connectivity index (χ0v) is 33.1. The number of carbonyl (C=O) groups excluding carboxylic acids is 2. The largest absolute Gasteiger partial charge is 0.457 e. The number of amides is 4. The molecule has 0 aliphatic carbocycles. The van der Waals surface area contributed by atoms with Gasteiger partial charge in [-0.05, 0) is 101 Å². The molecule has 0 radical (unpaired) electrons. The molecule has 7 aromatic rings. The number of carbonyl (C=O) groups is 2. The number of hydrogen-bond donors (Lipinski definition) is 2. The van der Waals surface area contributed by atoms with E-state index in [-0.39, 0.29) is 49.6 Å². The molecular weight excluding hydrogens is 791 g/mol. The molecule has 15 heteroatoms. The maximum Gasteiger partial charge on any atom is 0.322 e. The van der Waals surface area contributed by atoms with Crippen LogP contribution in [0.15, 0.2) is 176 Å². The summed E-state index contributed by atoms with van der Waals surface area (Å²) in [7, 11) is 0. The lowest BCUT2D eigenvalue weighted by Gasteiger charge is -2.27. The summed E-state index contributed by atoms with van der Waals surface area (Å²) in [5.74, 6) is 1.90. The Morgan fingerprint density at radius 3 is 1.24 bits per heavy atom. The number of benzene rings is 6. The molecule has 15 nitrogen and oxygen atoms in total.